The smallest absolute Gasteiger partial charge is 0.411 e. The Kier molecular flexibility index (Phi) is 5.54. The van der Waals surface area contributed by atoms with E-state index in [1.54, 1.807) is 10.6 Å². The van der Waals surface area contributed by atoms with Gasteiger partial charge < -0.3 is 20.8 Å². The molecule has 0 heterocycles. The monoisotopic (exact) mass is 206 g/mol. The molecule has 0 unspecified atom stereocenters. The summed E-state index contributed by atoms with van der Waals surface area (Å²) in [5, 5.41) is 23.0. The zero-order valence-electron chi connectivity index (χ0n) is 7.06. The SMILES string of the molecule is NCCON=C(NC(=O)O)NC(=O)O. The molecule has 0 aliphatic carbocycles. The average Bonchev–Trinajstić information content (AvgIpc) is 2.02. The van der Waals surface area contributed by atoms with Crippen molar-refractivity contribution in [2.24, 2.45) is 10.9 Å². The largest absolute Gasteiger partial charge is 0.465 e. The summed E-state index contributed by atoms with van der Waals surface area (Å²) >= 11 is 0. The summed E-state index contributed by atoms with van der Waals surface area (Å²) in [6.45, 7) is 0.225. The lowest BCUT2D eigenvalue weighted by molar-refractivity contribution is 0.148. The van der Waals surface area contributed by atoms with Gasteiger partial charge in [0.15, 0.2) is 0 Å². The van der Waals surface area contributed by atoms with Gasteiger partial charge in [0.1, 0.15) is 6.61 Å². The van der Waals surface area contributed by atoms with E-state index >= 15 is 0 Å². The number of hydrogen-bond donors (Lipinski definition) is 5. The van der Waals surface area contributed by atoms with E-state index in [1.165, 1.54) is 0 Å². The maximum Gasteiger partial charge on any atom is 0.411 e. The van der Waals surface area contributed by atoms with Crippen LogP contribution in [-0.2, 0) is 4.84 Å². The van der Waals surface area contributed by atoms with Gasteiger partial charge in [-0.05, 0) is 5.16 Å². The van der Waals surface area contributed by atoms with Crippen LogP contribution in [0.1, 0.15) is 0 Å². The van der Waals surface area contributed by atoms with Crippen molar-refractivity contribution in [1.82, 2.24) is 10.6 Å². The van der Waals surface area contributed by atoms with Crippen LogP contribution in [-0.4, -0.2) is 41.5 Å². The van der Waals surface area contributed by atoms with Gasteiger partial charge in [-0.25, -0.2) is 9.59 Å². The first kappa shape index (κ1) is 12.0. The topological polar surface area (TPSA) is 146 Å². The molecule has 0 aromatic carbocycles. The van der Waals surface area contributed by atoms with Crippen molar-refractivity contribution in [3.05, 3.63) is 0 Å². The number of carboxylic acid groups (broad SMARTS) is 2. The van der Waals surface area contributed by atoms with Gasteiger partial charge in [-0.2, -0.15) is 0 Å². The normalized spacial score (nSPS) is 8.64. The summed E-state index contributed by atoms with van der Waals surface area (Å²) in [4.78, 5) is 24.7. The number of guanidine groups is 1. The number of nitrogens with zero attached hydrogens (tertiary/aromatic N) is 1. The highest BCUT2D eigenvalue weighted by Crippen LogP contribution is 1.76. The van der Waals surface area contributed by atoms with E-state index in [1.807, 2.05) is 0 Å². The molecule has 0 spiro atoms. The van der Waals surface area contributed by atoms with Crippen molar-refractivity contribution >= 4 is 18.1 Å². The maximum absolute atomic E-state index is 10.1. The molecule has 0 radical (unpaired) electrons. The Balaban J connectivity index is 4.15. The number of oxime groups is 1. The van der Waals surface area contributed by atoms with Crippen molar-refractivity contribution in [2.45, 2.75) is 0 Å². The van der Waals surface area contributed by atoms with Crippen LogP contribution in [0.25, 0.3) is 0 Å². The van der Waals surface area contributed by atoms with Crippen LogP contribution in [0, 0.1) is 0 Å². The van der Waals surface area contributed by atoms with Crippen molar-refractivity contribution in [3.8, 4) is 0 Å². The lowest BCUT2D eigenvalue weighted by atomic mass is 10.8. The number of hydrogen-bond acceptors (Lipinski definition) is 5. The fourth-order valence-corrected chi connectivity index (χ4v) is 0.442. The predicted octanol–water partition coefficient (Wildman–Crippen LogP) is -1.23. The predicted molar refractivity (Wildman–Crippen MR) is 44.8 cm³/mol. The molecule has 0 aromatic rings. The number of nitrogens with one attached hydrogen (secondary N) is 2. The van der Waals surface area contributed by atoms with Gasteiger partial charge in [0.2, 0.25) is 0 Å². The Hall–Kier alpha value is -2.03. The first-order valence-corrected chi connectivity index (χ1v) is 3.46. The fourth-order valence-electron chi connectivity index (χ4n) is 0.442. The summed E-state index contributed by atoms with van der Waals surface area (Å²) in [5.41, 5.74) is 5.05. The number of rotatable bonds is 3. The van der Waals surface area contributed by atoms with Crippen molar-refractivity contribution in [2.75, 3.05) is 13.2 Å². The summed E-state index contributed by atoms with van der Waals surface area (Å²) in [7, 11) is 0. The second-order valence-corrected chi connectivity index (χ2v) is 1.92. The summed E-state index contributed by atoms with van der Waals surface area (Å²) in [6.07, 6.45) is -2.93. The Bertz CT molecular complexity index is 222. The van der Waals surface area contributed by atoms with E-state index in [4.69, 9.17) is 15.9 Å². The molecule has 9 nitrogen and oxygen atoms in total. The third-order valence-electron chi connectivity index (χ3n) is 0.816. The second-order valence-electron chi connectivity index (χ2n) is 1.92. The number of carbonyl (C=O) groups is 2. The molecule has 0 bridgehead atoms. The van der Waals surface area contributed by atoms with Gasteiger partial charge in [-0.3, -0.25) is 10.6 Å². The van der Waals surface area contributed by atoms with E-state index in [-0.39, 0.29) is 13.2 Å². The van der Waals surface area contributed by atoms with Gasteiger partial charge in [-0.15, -0.1) is 0 Å². The van der Waals surface area contributed by atoms with Gasteiger partial charge in [0, 0.05) is 6.54 Å². The summed E-state index contributed by atoms with van der Waals surface area (Å²) in [5.74, 6) is -0.543. The Labute approximate surface area is 78.5 Å². The van der Waals surface area contributed by atoms with Gasteiger partial charge in [-0.1, -0.05) is 0 Å². The number of amides is 2. The Morgan fingerprint density at radius 3 is 2.14 bits per heavy atom. The van der Waals surface area contributed by atoms with Gasteiger partial charge >= 0.3 is 12.2 Å². The molecular formula is C5H10N4O5. The molecular weight excluding hydrogens is 196 g/mol. The molecule has 0 fully saturated rings. The molecule has 0 aliphatic heterocycles. The van der Waals surface area contributed by atoms with Crippen LogP contribution in [0.4, 0.5) is 9.59 Å². The molecule has 14 heavy (non-hydrogen) atoms. The molecule has 80 valence electrons. The van der Waals surface area contributed by atoms with E-state index in [2.05, 4.69) is 9.99 Å². The van der Waals surface area contributed by atoms with Gasteiger partial charge in [0.05, 0.1) is 0 Å². The van der Waals surface area contributed by atoms with Crippen LogP contribution in [0.3, 0.4) is 0 Å². The van der Waals surface area contributed by atoms with Crippen LogP contribution in [0.15, 0.2) is 5.16 Å². The molecule has 9 heteroatoms. The van der Waals surface area contributed by atoms with Gasteiger partial charge in [0.25, 0.3) is 5.96 Å². The first-order chi connectivity index (χ1) is 6.56. The van der Waals surface area contributed by atoms with Crippen LogP contribution >= 0.6 is 0 Å². The maximum atomic E-state index is 10.1. The third kappa shape index (κ3) is 6.67. The highest BCUT2D eigenvalue weighted by atomic mass is 16.6. The minimum atomic E-state index is -1.46. The van der Waals surface area contributed by atoms with E-state index in [0.717, 1.165) is 0 Å². The average molecular weight is 206 g/mol. The standard InChI is InChI=1S/C5H10N4O5/c6-1-2-14-9-3(7-4(10)11)8-5(12)13/h1-2,6H2,(H,10,11)(H,12,13)(H2,7,8,9). The molecule has 0 rings (SSSR count). The molecule has 0 atom stereocenters. The molecule has 0 aliphatic rings. The van der Waals surface area contributed by atoms with Crippen molar-refractivity contribution < 1.29 is 24.6 Å². The highest BCUT2D eigenvalue weighted by Gasteiger charge is 2.07. The molecule has 6 N–H and O–H groups in total. The van der Waals surface area contributed by atoms with Crippen molar-refractivity contribution in [1.29, 1.82) is 0 Å². The zero-order valence-corrected chi connectivity index (χ0v) is 7.06. The third-order valence-corrected chi connectivity index (χ3v) is 0.816. The molecule has 0 saturated carbocycles. The lowest BCUT2D eigenvalue weighted by Gasteiger charge is -2.04. The highest BCUT2D eigenvalue weighted by molar-refractivity contribution is 6.00. The summed E-state index contributed by atoms with van der Waals surface area (Å²) in [6, 6.07) is 0. The van der Waals surface area contributed by atoms with Crippen LogP contribution in [0.5, 0.6) is 0 Å². The van der Waals surface area contributed by atoms with Crippen LogP contribution in [0.2, 0.25) is 0 Å². The number of nitrogens with two attached hydrogens (primary N) is 1. The molecule has 0 aromatic heterocycles. The minimum Gasteiger partial charge on any atom is -0.465 e. The van der Waals surface area contributed by atoms with Crippen molar-refractivity contribution in [3.63, 3.8) is 0 Å². The Morgan fingerprint density at radius 2 is 1.79 bits per heavy atom. The Morgan fingerprint density at radius 1 is 1.29 bits per heavy atom. The molecule has 0 saturated heterocycles. The summed E-state index contributed by atoms with van der Waals surface area (Å²) < 4.78 is 0. The first-order valence-electron chi connectivity index (χ1n) is 3.46. The van der Waals surface area contributed by atoms with E-state index in [0.29, 0.717) is 0 Å². The quantitative estimate of drug-likeness (QED) is 0.169. The van der Waals surface area contributed by atoms with Crippen LogP contribution < -0.4 is 16.4 Å². The minimum absolute atomic E-state index is 0.0477. The fraction of sp³-hybridized carbons (Fsp3) is 0.400. The molecule has 2 amide bonds. The van der Waals surface area contributed by atoms with E-state index in [9.17, 15) is 9.59 Å². The lowest BCUT2D eigenvalue weighted by Crippen LogP contribution is -2.42. The second kappa shape index (κ2) is 6.48. The zero-order chi connectivity index (χ0) is 11.0. The van der Waals surface area contributed by atoms with E-state index < -0.39 is 18.1 Å².